The van der Waals surface area contributed by atoms with Crippen molar-refractivity contribution in [1.82, 2.24) is 0 Å². The molecule has 0 aromatic heterocycles. The molecule has 0 aliphatic rings. The van der Waals surface area contributed by atoms with Crippen molar-refractivity contribution < 1.29 is 24.6 Å². The number of hydrogen-bond donors (Lipinski definition) is 0. The summed E-state index contributed by atoms with van der Waals surface area (Å²) in [6, 6.07) is 0. The zero-order chi connectivity index (χ0) is 4.99. The first-order valence-corrected chi connectivity index (χ1v) is 2.02. The van der Waals surface area contributed by atoms with Gasteiger partial charge >= 0.3 is 45.0 Å². The summed E-state index contributed by atoms with van der Waals surface area (Å²) in [5.74, 6) is 0. The Kier molecular flexibility index (Phi) is 3.87. The summed E-state index contributed by atoms with van der Waals surface area (Å²) in [6.45, 7) is 1.76. The van der Waals surface area contributed by atoms with Gasteiger partial charge in [0, 0.05) is 0 Å². The summed E-state index contributed by atoms with van der Waals surface area (Å²) in [5, 5.41) is 0. The van der Waals surface area contributed by atoms with Gasteiger partial charge in [0.15, 0.2) is 0 Å². The molecule has 2 nitrogen and oxygen atoms in total. The molecule has 0 amide bonds. The Balaban J connectivity index is 2.75. The monoisotopic (exact) mass is 134 g/mol. The van der Waals surface area contributed by atoms with Crippen LogP contribution >= 0.6 is 0 Å². The van der Waals surface area contributed by atoms with Crippen LogP contribution in [0.2, 0.25) is 0 Å². The fraction of sp³-hybridized carbons (Fsp3) is 1.00. The van der Waals surface area contributed by atoms with Crippen LogP contribution in [0.4, 0.5) is 0 Å². The molecule has 0 fully saturated rings. The number of methoxy groups -OCH3 is 1. The maximum absolute atomic E-state index is 4.60. The summed E-state index contributed by atoms with van der Waals surface area (Å²) in [7, 11) is 1.56. The van der Waals surface area contributed by atoms with E-state index in [0.29, 0.717) is 0 Å². The second-order valence-corrected chi connectivity index (χ2v) is 1.13. The first-order chi connectivity index (χ1) is 2.81. The molecule has 0 aliphatic heterocycles. The molecule has 0 saturated heterocycles. The Hall–Kier alpha value is 0.426. The SMILES string of the molecule is COC(C)[O][Co]. The standard InChI is InChI=1S/C3H7O2.Co/c1-3(4)5-2;/h3H,1-2H3;/q-1;+1. The van der Waals surface area contributed by atoms with Crippen LogP contribution in [-0.4, -0.2) is 13.4 Å². The fourth-order valence-electron chi connectivity index (χ4n) is 0.0321. The number of rotatable bonds is 2. The van der Waals surface area contributed by atoms with E-state index in [4.69, 9.17) is 0 Å². The molecule has 6 heavy (non-hydrogen) atoms. The van der Waals surface area contributed by atoms with Gasteiger partial charge in [-0.15, -0.1) is 0 Å². The van der Waals surface area contributed by atoms with Crippen LogP contribution in [0.25, 0.3) is 0 Å². The van der Waals surface area contributed by atoms with Gasteiger partial charge in [-0.25, -0.2) is 0 Å². The Morgan fingerprint density at radius 2 is 2.17 bits per heavy atom. The number of ether oxygens (including phenoxy) is 1. The predicted octanol–water partition coefficient (Wildman–Crippen LogP) is 0.457. The predicted molar refractivity (Wildman–Crippen MR) is 17.6 cm³/mol. The molecule has 1 atom stereocenters. The van der Waals surface area contributed by atoms with Crippen molar-refractivity contribution >= 4 is 0 Å². The molecular formula is C3H7CoO2. The normalized spacial score (nSPS) is 14.7. The molecule has 0 heterocycles. The minimum atomic E-state index is -0.204. The summed E-state index contributed by atoms with van der Waals surface area (Å²) in [5.41, 5.74) is 0. The van der Waals surface area contributed by atoms with Gasteiger partial charge in [-0.05, 0) is 0 Å². The van der Waals surface area contributed by atoms with Crippen LogP contribution in [0.5, 0.6) is 0 Å². The zero-order valence-electron chi connectivity index (χ0n) is 3.73. The van der Waals surface area contributed by atoms with Gasteiger partial charge in [-0.3, -0.25) is 0 Å². The molecule has 40 valence electrons. The van der Waals surface area contributed by atoms with Gasteiger partial charge < -0.3 is 0 Å². The first kappa shape index (κ1) is 6.43. The van der Waals surface area contributed by atoms with E-state index in [1.165, 1.54) is 0 Å². The number of hydrogen-bond acceptors (Lipinski definition) is 2. The topological polar surface area (TPSA) is 18.5 Å². The van der Waals surface area contributed by atoms with Crippen molar-refractivity contribution in [2.45, 2.75) is 13.2 Å². The third-order valence-electron chi connectivity index (χ3n) is 0.443. The van der Waals surface area contributed by atoms with Crippen molar-refractivity contribution in [3.05, 3.63) is 0 Å². The van der Waals surface area contributed by atoms with E-state index in [2.05, 4.69) is 24.6 Å². The molecule has 0 bridgehead atoms. The molecule has 0 aromatic rings. The maximum atomic E-state index is 4.60. The van der Waals surface area contributed by atoms with Crippen molar-refractivity contribution in [3.8, 4) is 0 Å². The second kappa shape index (κ2) is 3.61. The summed E-state index contributed by atoms with van der Waals surface area (Å²) < 4.78 is 8.96. The molecule has 0 aromatic carbocycles. The minimum absolute atomic E-state index is 0.204. The summed E-state index contributed by atoms with van der Waals surface area (Å²) >= 11 is 3.51. The van der Waals surface area contributed by atoms with Crippen LogP contribution in [-0.2, 0) is 24.6 Å². The molecule has 0 N–H and O–H groups in total. The van der Waals surface area contributed by atoms with E-state index in [0.717, 1.165) is 0 Å². The Morgan fingerprint density at radius 1 is 1.67 bits per heavy atom. The Morgan fingerprint density at radius 3 is 2.17 bits per heavy atom. The van der Waals surface area contributed by atoms with Crippen LogP contribution in [0, 0.1) is 0 Å². The summed E-state index contributed by atoms with van der Waals surface area (Å²) in [4.78, 5) is 0. The molecule has 1 unspecified atom stereocenters. The van der Waals surface area contributed by atoms with Gasteiger partial charge in [0.2, 0.25) is 0 Å². The van der Waals surface area contributed by atoms with Crippen molar-refractivity contribution in [1.29, 1.82) is 0 Å². The van der Waals surface area contributed by atoms with Gasteiger partial charge in [0.25, 0.3) is 0 Å². The zero-order valence-corrected chi connectivity index (χ0v) is 4.77. The van der Waals surface area contributed by atoms with E-state index < -0.39 is 0 Å². The Labute approximate surface area is 45.7 Å². The third kappa shape index (κ3) is 2.65. The molecule has 0 aliphatic carbocycles. The van der Waals surface area contributed by atoms with Gasteiger partial charge in [-0.2, -0.15) is 0 Å². The second-order valence-electron chi connectivity index (χ2n) is 0.882. The third-order valence-corrected chi connectivity index (χ3v) is 0.788. The van der Waals surface area contributed by atoms with E-state index in [-0.39, 0.29) is 6.29 Å². The van der Waals surface area contributed by atoms with Crippen LogP contribution in [0.15, 0.2) is 0 Å². The quantitative estimate of drug-likeness (QED) is 0.510. The van der Waals surface area contributed by atoms with Crippen molar-refractivity contribution in [2.75, 3.05) is 7.11 Å². The van der Waals surface area contributed by atoms with E-state index in [1.807, 2.05) is 0 Å². The van der Waals surface area contributed by atoms with Gasteiger partial charge in [-0.1, -0.05) is 0 Å². The van der Waals surface area contributed by atoms with Crippen LogP contribution in [0.1, 0.15) is 6.92 Å². The average Bonchev–Trinajstić information content (AvgIpc) is 1.65. The van der Waals surface area contributed by atoms with Crippen molar-refractivity contribution in [3.63, 3.8) is 0 Å². The molecule has 0 radical (unpaired) electrons. The first-order valence-electron chi connectivity index (χ1n) is 1.59. The molecule has 0 saturated carbocycles. The van der Waals surface area contributed by atoms with E-state index >= 15 is 0 Å². The fourth-order valence-corrected chi connectivity index (χ4v) is 0.132. The van der Waals surface area contributed by atoms with E-state index in [1.54, 1.807) is 14.0 Å². The summed E-state index contributed by atoms with van der Waals surface area (Å²) in [6.07, 6.45) is -0.204. The molecule has 0 rings (SSSR count). The van der Waals surface area contributed by atoms with Crippen molar-refractivity contribution in [2.24, 2.45) is 0 Å². The van der Waals surface area contributed by atoms with Gasteiger partial charge in [0.05, 0.1) is 0 Å². The van der Waals surface area contributed by atoms with E-state index in [9.17, 15) is 0 Å². The molecule has 3 heteroatoms. The van der Waals surface area contributed by atoms with Crippen LogP contribution in [0.3, 0.4) is 0 Å². The molecule has 0 spiro atoms. The Bertz CT molecular complexity index is 28.0. The van der Waals surface area contributed by atoms with Gasteiger partial charge in [0.1, 0.15) is 0 Å². The molecular weight excluding hydrogens is 127 g/mol. The average molecular weight is 134 g/mol. The van der Waals surface area contributed by atoms with Crippen LogP contribution < -0.4 is 0 Å².